The summed E-state index contributed by atoms with van der Waals surface area (Å²) in [5.41, 5.74) is 19.1. The van der Waals surface area contributed by atoms with Gasteiger partial charge < -0.3 is 4.42 Å². The average Bonchev–Trinajstić information content (AvgIpc) is 3.93. The predicted octanol–water partition coefficient (Wildman–Crippen LogP) is 17.6. The second-order valence-electron chi connectivity index (χ2n) is 18.3. The van der Waals surface area contributed by atoms with Crippen molar-refractivity contribution in [2.24, 2.45) is 0 Å². The summed E-state index contributed by atoms with van der Waals surface area (Å²) in [6, 6.07) is 63.6. The van der Waals surface area contributed by atoms with Crippen molar-refractivity contribution in [3.8, 4) is 61.6 Å². The number of benzene rings is 8. The van der Waals surface area contributed by atoms with Gasteiger partial charge >= 0.3 is 0 Å². The Morgan fingerprint density at radius 1 is 0.516 bits per heavy atom. The van der Waals surface area contributed by atoms with Gasteiger partial charge in [0.15, 0.2) is 0 Å². The third-order valence-corrected chi connectivity index (χ3v) is 13.6. The van der Waals surface area contributed by atoms with Crippen molar-refractivity contribution in [1.82, 2.24) is 9.55 Å². The summed E-state index contributed by atoms with van der Waals surface area (Å²) in [5.74, 6) is 0.930. The van der Waals surface area contributed by atoms with Crippen molar-refractivity contribution in [3.05, 3.63) is 193 Å². The average molecular weight is 832 g/mol. The van der Waals surface area contributed by atoms with Crippen LogP contribution < -0.4 is 0 Å². The van der Waals surface area contributed by atoms with Gasteiger partial charge in [0.05, 0.1) is 22.3 Å². The van der Waals surface area contributed by atoms with Crippen LogP contribution in [0.5, 0.6) is 0 Å². The first-order valence-corrected chi connectivity index (χ1v) is 23.2. The predicted molar refractivity (Wildman–Crippen MR) is 270 cm³/mol. The van der Waals surface area contributed by atoms with Crippen molar-refractivity contribution in [3.63, 3.8) is 0 Å². The molecule has 0 atom stereocenters. The molecule has 3 heteroatoms. The van der Waals surface area contributed by atoms with Crippen LogP contribution >= 0.6 is 0 Å². The fraction of sp³-hybridized carbons (Fsp3) is 0.197. The molecule has 0 saturated heterocycles. The number of hydrogen-bond acceptors (Lipinski definition) is 2. The van der Waals surface area contributed by atoms with Crippen LogP contribution in [0.3, 0.4) is 0 Å². The standard InChI is InChI=1S/C61H54N2O/c1-39(2)54-36-50(48-32-28-44(29-33-48)42-16-9-6-10-17-42)37-55(40(3)4)59(54)63-57-21-12-11-20-56(57)62-61(63)53-19-13-18-52-51-35-34-49(38-58(51)64-60(52)53)47-30-26-46(27-31-47)45-24-22-43(23-25-45)41-14-7-5-8-15-41/h6,9-13,16-41H,5,7-8,14-15H2,1-4H3/i41D. The van der Waals surface area contributed by atoms with Crippen molar-refractivity contribution in [2.75, 3.05) is 0 Å². The third kappa shape index (κ3) is 7.23. The van der Waals surface area contributed by atoms with E-state index in [1.54, 1.807) is 0 Å². The van der Waals surface area contributed by atoms with Gasteiger partial charge in [-0.1, -0.05) is 180 Å². The van der Waals surface area contributed by atoms with E-state index in [-0.39, 0.29) is 11.8 Å². The van der Waals surface area contributed by atoms with Crippen LogP contribution in [0.4, 0.5) is 0 Å². The van der Waals surface area contributed by atoms with Crippen LogP contribution in [0.1, 0.15) is 95.6 Å². The Hall–Kier alpha value is -6.97. The van der Waals surface area contributed by atoms with E-state index in [1.807, 2.05) is 0 Å². The topological polar surface area (TPSA) is 31.0 Å². The summed E-state index contributed by atoms with van der Waals surface area (Å²) >= 11 is 0. The quantitative estimate of drug-likeness (QED) is 0.145. The van der Waals surface area contributed by atoms with Gasteiger partial charge in [0.25, 0.3) is 0 Å². The Kier molecular flexibility index (Phi) is 10.0. The van der Waals surface area contributed by atoms with Crippen LogP contribution in [0.25, 0.3) is 94.6 Å². The largest absolute Gasteiger partial charge is 0.455 e. The Labute approximate surface area is 378 Å². The zero-order chi connectivity index (χ0) is 44.2. The number of para-hydroxylation sites is 3. The van der Waals surface area contributed by atoms with Crippen molar-refractivity contribution >= 4 is 33.0 Å². The minimum Gasteiger partial charge on any atom is -0.455 e. The minimum absolute atomic E-state index is 0.248. The lowest BCUT2D eigenvalue weighted by Crippen LogP contribution is -2.09. The Bertz CT molecular complexity index is 3300. The number of furan rings is 1. The lowest BCUT2D eigenvalue weighted by Gasteiger charge is -2.24. The molecule has 0 spiro atoms. The van der Waals surface area contributed by atoms with Crippen molar-refractivity contribution in [2.45, 2.75) is 77.5 Å². The third-order valence-electron chi connectivity index (χ3n) is 13.6. The van der Waals surface area contributed by atoms with Gasteiger partial charge in [-0.15, -0.1) is 0 Å². The lowest BCUT2D eigenvalue weighted by atomic mass is 9.83. The van der Waals surface area contributed by atoms with E-state index in [0.717, 1.165) is 86.7 Å². The highest BCUT2D eigenvalue weighted by molar-refractivity contribution is 6.10. The van der Waals surface area contributed by atoms with Crippen molar-refractivity contribution in [1.29, 1.82) is 0 Å². The molecule has 1 aliphatic carbocycles. The molecule has 0 bridgehead atoms. The molecule has 2 heterocycles. The summed E-state index contributed by atoms with van der Waals surface area (Å²) in [5, 5.41) is 2.16. The van der Waals surface area contributed by atoms with E-state index in [1.165, 1.54) is 56.6 Å². The van der Waals surface area contributed by atoms with Gasteiger partial charge in [0.1, 0.15) is 17.0 Å². The van der Waals surface area contributed by atoms with E-state index in [9.17, 15) is 0 Å². The van der Waals surface area contributed by atoms with E-state index in [4.69, 9.17) is 10.8 Å². The van der Waals surface area contributed by atoms with Gasteiger partial charge in [-0.3, -0.25) is 4.57 Å². The SMILES string of the molecule is [2H]C1(c2ccc(-c3ccc(-c4ccc5c(c4)oc4c(-c6nc7ccccc7n6-c6c(C(C)C)cc(-c7ccc(-c8ccccc8)cc7)cc6C(C)C)cccc45)cc3)cc2)CCCCC1. The molecule has 2 aromatic heterocycles. The van der Waals surface area contributed by atoms with Gasteiger partial charge in [-0.2, -0.15) is 0 Å². The highest BCUT2D eigenvalue weighted by Gasteiger charge is 2.26. The molecule has 10 aromatic rings. The molecular weight excluding hydrogens is 777 g/mol. The fourth-order valence-electron chi connectivity index (χ4n) is 10.1. The molecule has 0 unspecified atom stereocenters. The van der Waals surface area contributed by atoms with Gasteiger partial charge in [0, 0.05) is 12.1 Å². The number of aromatic nitrogens is 2. The van der Waals surface area contributed by atoms with E-state index < -0.39 is 5.89 Å². The molecule has 0 amide bonds. The first-order valence-electron chi connectivity index (χ1n) is 23.7. The summed E-state index contributed by atoms with van der Waals surface area (Å²) < 4.78 is 18.4. The van der Waals surface area contributed by atoms with Crippen LogP contribution in [-0.4, -0.2) is 9.55 Å². The Morgan fingerprint density at radius 2 is 1.06 bits per heavy atom. The molecular formula is C61H54N2O. The molecule has 0 aliphatic heterocycles. The number of fused-ring (bicyclic) bond motifs is 4. The maximum atomic E-state index is 9.06. The van der Waals surface area contributed by atoms with E-state index in [2.05, 4.69) is 208 Å². The number of imidazole rings is 1. The molecule has 64 heavy (non-hydrogen) atoms. The van der Waals surface area contributed by atoms with Crippen LogP contribution in [0, 0.1) is 0 Å². The van der Waals surface area contributed by atoms with Gasteiger partial charge in [0.2, 0.25) is 0 Å². The van der Waals surface area contributed by atoms with Crippen LogP contribution in [-0.2, 0) is 0 Å². The molecule has 1 aliphatic rings. The Morgan fingerprint density at radius 3 is 1.70 bits per heavy atom. The maximum Gasteiger partial charge on any atom is 0.149 e. The summed E-state index contributed by atoms with van der Waals surface area (Å²) in [6.45, 7) is 9.21. The molecule has 11 rings (SSSR count). The minimum atomic E-state index is -0.440. The van der Waals surface area contributed by atoms with Crippen LogP contribution in [0.15, 0.2) is 180 Å². The zero-order valence-electron chi connectivity index (χ0n) is 38.2. The highest BCUT2D eigenvalue weighted by atomic mass is 16.3. The molecule has 314 valence electrons. The second kappa shape index (κ2) is 16.6. The molecule has 8 aromatic carbocycles. The zero-order valence-corrected chi connectivity index (χ0v) is 37.2. The maximum absolute atomic E-state index is 9.06. The van der Waals surface area contributed by atoms with Crippen LogP contribution in [0.2, 0.25) is 0 Å². The normalized spacial score (nSPS) is 14.2. The fourth-order valence-corrected chi connectivity index (χ4v) is 10.1. The molecule has 0 N–H and O–H groups in total. The molecule has 3 nitrogen and oxygen atoms in total. The smallest absolute Gasteiger partial charge is 0.149 e. The first kappa shape index (κ1) is 38.7. The van der Waals surface area contributed by atoms with Crippen molar-refractivity contribution < 1.29 is 5.79 Å². The molecule has 0 radical (unpaired) electrons. The number of nitrogens with zero attached hydrogens (tertiary/aromatic N) is 2. The molecule has 1 fully saturated rings. The second-order valence-corrected chi connectivity index (χ2v) is 18.3. The van der Waals surface area contributed by atoms with Gasteiger partial charge in [-0.05, 0) is 134 Å². The summed E-state index contributed by atoms with van der Waals surface area (Å²) in [6.07, 6.45) is 5.46. The molecule has 1 saturated carbocycles. The van der Waals surface area contributed by atoms with Gasteiger partial charge in [-0.25, -0.2) is 4.98 Å². The van der Waals surface area contributed by atoms with E-state index >= 15 is 0 Å². The van der Waals surface area contributed by atoms with E-state index in [0.29, 0.717) is 0 Å². The number of rotatable bonds is 9. The summed E-state index contributed by atoms with van der Waals surface area (Å²) in [7, 11) is 0. The number of hydrogen-bond donors (Lipinski definition) is 0. The first-order chi connectivity index (χ1) is 31.7. The Balaban J connectivity index is 0.982. The summed E-state index contributed by atoms with van der Waals surface area (Å²) in [4.78, 5) is 5.42. The monoisotopic (exact) mass is 831 g/mol. The lowest BCUT2D eigenvalue weighted by molar-refractivity contribution is 0.443. The highest BCUT2D eigenvalue weighted by Crippen LogP contribution is 2.43.